The average Bonchev–Trinajstić information content (AvgIpc) is 2.50. The van der Waals surface area contributed by atoms with Crippen LogP contribution >= 0.6 is 0 Å². The number of imide groups is 1. The Morgan fingerprint density at radius 1 is 1.04 bits per heavy atom. The Kier molecular flexibility index (Phi) is 6.79. The summed E-state index contributed by atoms with van der Waals surface area (Å²) < 4.78 is 27.0. The van der Waals surface area contributed by atoms with Crippen molar-refractivity contribution in [3.8, 4) is 0 Å². The predicted octanol–water partition coefficient (Wildman–Crippen LogP) is 3.59. The molecule has 2 amide bonds. The molecule has 2 aromatic rings. The van der Waals surface area contributed by atoms with E-state index in [-0.39, 0.29) is 33.0 Å². The van der Waals surface area contributed by atoms with Gasteiger partial charge in [-0.2, -0.15) is 0 Å². The van der Waals surface area contributed by atoms with Crippen molar-refractivity contribution in [2.24, 2.45) is 5.92 Å². The van der Waals surface area contributed by atoms with Gasteiger partial charge in [0.25, 0.3) is 5.91 Å². The van der Waals surface area contributed by atoms with Gasteiger partial charge in [0, 0.05) is 44.8 Å². The fourth-order valence-electron chi connectivity index (χ4n) is 1.90. The number of hydrogen-bond donors (Lipinski definition) is 0. The molecule has 0 saturated carbocycles. The SMILES string of the molecule is CC(C)C(=O)N(C(=O)c1ccccc1)c1ccc(F)[c-]c1F.[Ti]. The molecular weight excluding hydrogens is 336 g/mol. The molecule has 0 unspecified atom stereocenters. The first kappa shape index (κ1) is 19.2. The van der Waals surface area contributed by atoms with Crippen LogP contribution in [0.3, 0.4) is 0 Å². The monoisotopic (exact) mass is 350 g/mol. The van der Waals surface area contributed by atoms with Crippen LogP contribution in [0.2, 0.25) is 0 Å². The normalized spacial score (nSPS) is 10.1. The van der Waals surface area contributed by atoms with Gasteiger partial charge in [0.05, 0.1) is 0 Å². The third kappa shape index (κ3) is 4.33. The molecule has 0 aromatic heterocycles. The maximum absolute atomic E-state index is 14.0. The molecule has 0 atom stereocenters. The smallest absolute Gasteiger partial charge is 0.254 e. The van der Waals surface area contributed by atoms with Crippen molar-refractivity contribution in [1.82, 2.24) is 0 Å². The van der Waals surface area contributed by atoms with Gasteiger partial charge < -0.3 is 0 Å². The van der Waals surface area contributed by atoms with E-state index < -0.39 is 29.4 Å². The van der Waals surface area contributed by atoms with Crippen LogP contribution < -0.4 is 4.90 Å². The molecule has 0 fully saturated rings. The van der Waals surface area contributed by atoms with E-state index in [9.17, 15) is 18.4 Å². The van der Waals surface area contributed by atoms with Gasteiger partial charge in [0.15, 0.2) is 0 Å². The number of amides is 2. The first-order valence-electron chi connectivity index (χ1n) is 6.72. The molecular formula is C17H14F2NO2Ti-. The summed E-state index contributed by atoms with van der Waals surface area (Å²) in [5, 5.41) is 0. The van der Waals surface area contributed by atoms with Crippen LogP contribution in [0.5, 0.6) is 0 Å². The Labute approximate surface area is 148 Å². The number of hydrogen-bond acceptors (Lipinski definition) is 2. The Morgan fingerprint density at radius 3 is 2.17 bits per heavy atom. The standard InChI is InChI=1S/C17H14F2NO2.Ti/c1-11(2)16(21)20(15-9-8-13(18)10-14(15)19)17(22)12-6-4-3-5-7-12;/h3-9,11H,1-2H3;/q-1;. The Balaban J connectivity index is 0.00000264. The number of halogens is 2. The van der Waals surface area contributed by atoms with Crippen molar-refractivity contribution in [2.75, 3.05) is 4.90 Å². The number of rotatable bonds is 3. The fourth-order valence-corrected chi connectivity index (χ4v) is 1.90. The summed E-state index contributed by atoms with van der Waals surface area (Å²) in [7, 11) is 0. The van der Waals surface area contributed by atoms with Crippen molar-refractivity contribution < 1.29 is 40.1 Å². The van der Waals surface area contributed by atoms with Crippen molar-refractivity contribution in [1.29, 1.82) is 0 Å². The molecule has 118 valence electrons. The molecule has 0 aliphatic heterocycles. The largest absolute Gasteiger partial charge is 0.299 e. The number of carbonyl (C=O) groups excluding carboxylic acids is 2. The Bertz CT molecular complexity index is 705. The summed E-state index contributed by atoms with van der Waals surface area (Å²) in [5.41, 5.74) is -0.0748. The molecule has 0 saturated heterocycles. The van der Waals surface area contributed by atoms with Crippen molar-refractivity contribution in [2.45, 2.75) is 13.8 Å². The van der Waals surface area contributed by atoms with Gasteiger partial charge in [-0.3, -0.25) is 14.5 Å². The molecule has 2 aromatic carbocycles. The third-order valence-electron chi connectivity index (χ3n) is 3.02. The molecule has 0 radical (unpaired) electrons. The van der Waals surface area contributed by atoms with Crippen molar-refractivity contribution in [3.63, 3.8) is 0 Å². The molecule has 0 bridgehead atoms. The molecule has 0 aliphatic rings. The van der Waals surface area contributed by atoms with Crippen LogP contribution in [0, 0.1) is 23.6 Å². The van der Waals surface area contributed by atoms with Gasteiger partial charge in [-0.15, -0.1) is 18.2 Å². The molecule has 23 heavy (non-hydrogen) atoms. The topological polar surface area (TPSA) is 37.4 Å². The minimum Gasteiger partial charge on any atom is -0.299 e. The molecule has 3 nitrogen and oxygen atoms in total. The first-order valence-corrected chi connectivity index (χ1v) is 6.72. The van der Waals surface area contributed by atoms with Crippen molar-refractivity contribution >= 4 is 17.5 Å². The van der Waals surface area contributed by atoms with E-state index in [0.717, 1.165) is 17.0 Å². The maximum atomic E-state index is 14.0. The molecule has 0 aliphatic carbocycles. The van der Waals surface area contributed by atoms with Gasteiger partial charge in [0.2, 0.25) is 5.91 Å². The predicted molar refractivity (Wildman–Crippen MR) is 78.3 cm³/mol. The van der Waals surface area contributed by atoms with Crippen LogP contribution in [0.15, 0.2) is 42.5 Å². The summed E-state index contributed by atoms with van der Waals surface area (Å²) in [6, 6.07) is 11.9. The number of nitrogens with zero attached hydrogens (tertiary/aromatic N) is 1. The molecule has 0 heterocycles. The molecule has 0 spiro atoms. The molecule has 0 N–H and O–H groups in total. The minimum absolute atomic E-state index is 0. The zero-order valence-electron chi connectivity index (χ0n) is 12.6. The Hall–Kier alpha value is -1.85. The zero-order valence-corrected chi connectivity index (χ0v) is 14.2. The first-order chi connectivity index (χ1) is 10.4. The van der Waals surface area contributed by atoms with E-state index in [4.69, 9.17) is 0 Å². The van der Waals surface area contributed by atoms with Crippen LogP contribution in [0.25, 0.3) is 0 Å². The Morgan fingerprint density at radius 2 is 1.65 bits per heavy atom. The quantitative estimate of drug-likeness (QED) is 0.627. The van der Waals surface area contributed by atoms with Gasteiger partial charge >= 0.3 is 0 Å². The van der Waals surface area contributed by atoms with Crippen LogP contribution in [-0.4, -0.2) is 11.8 Å². The molecule has 2 rings (SSSR count). The van der Waals surface area contributed by atoms with Gasteiger partial charge in [-0.05, 0) is 17.8 Å². The third-order valence-corrected chi connectivity index (χ3v) is 3.02. The summed E-state index contributed by atoms with van der Waals surface area (Å²) in [6.45, 7) is 3.19. The minimum atomic E-state index is -1.08. The summed E-state index contributed by atoms with van der Waals surface area (Å²) >= 11 is 0. The van der Waals surface area contributed by atoms with Crippen LogP contribution in [-0.2, 0) is 26.5 Å². The van der Waals surface area contributed by atoms with Crippen LogP contribution in [0.1, 0.15) is 24.2 Å². The second-order valence-corrected chi connectivity index (χ2v) is 5.01. The van der Waals surface area contributed by atoms with E-state index >= 15 is 0 Å². The average molecular weight is 350 g/mol. The van der Waals surface area contributed by atoms with Gasteiger partial charge in [-0.25, -0.2) is 8.78 Å². The summed E-state index contributed by atoms with van der Waals surface area (Å²) in [5.74, 6) is -3.76. The van der Waals surface area contributed by atoms with E-state index in [0.29, 0.717) is 0 Å². The van der Waals surface area contributed by atoms with E-state index in [2.05, 4.69) is 0 Å². The van der Waals surface area contributed by atoms with Gasteiger partial charge in [-0.1, -0.05) is 32.0 Å². The second kappa shape index (κ2) is 8.13. The maximum Gasteiger partial charge on any atom is 0.254 e. The zero-order chi connectivity index (χ0) is 16.3. The summed E-state index contributed by atoms with van der Waals surface area (Å²) in [6.07, 6.45) is 0. The fraction of sp³-hybridized carbons (Fsp3) is 0.176. The number of anilines is 1. The van der Waals surface area contributed by atoms with E-state index in [1.165, 1.54) is 12.1 Å². The molecule has 6 heteroatoms. The number of benzene rings is 2. The van der Waals surface area contributed by atoms with Crippen LogP contribution in [0.4, 0.5) is 14.5 Å². The van der Waals surface area contributed by atoms with Gasteiger partial charge in [0.1, 0.15) is 0 Å². The van der Waals surface area contributed by atoms with Crippen molar-refractivity contribution in [3.05, 3.63) is 65.7 Å². The second-order valence-electron chi connectivity index (χ2n) is 5.01. The summed E-state index contributed by atoms with van der Waals surface area (Å²) in [4.78, 5) is 25.6. The van der Waals surface area contributed by atoms with E-state index in [1.807, 2.05) is 6.07 Å². The van der Waals surface area contributed by atoms with E-state index in [1.54, 1.807) is 32.0 Å². The number of carbonyl (C=O) groups is 2.